The highest BCUT2D eigenvalue weighted by Gasteiger charge is 2.44. The number of methoxy groups -OCH3 is 2. The number of carbonyl (C=O) groups is 8. The SMILES string of the molecule is CC[C@H](C)[C@@H]([C@@H](CC(=O)N1CCC[C@H]1[C@H](OC)[C@@H](C)C(=O)N[C@@H](Cc1ccccc1)C(=O)OCc1ccccc1)OC)N(C)[C@H](C(=O)NC(=O)[C@H](C(C)C)N(C)C(=O)CCCCCON1C(=O)CCC1=O)C(C)C. The van der Waals surface area contributed by atoms with Gasteiger partial charge in [0.2, 0.25) is 29.5 Å². The van der Waals surface area contributed by atoms with Crippen LogP contribution in [0.2, 0.25) is 0 Å². The quantitative estimate of drug-likeness (QED) is 0.0552. The lowest BCUT2D eigenvalue weighted by Gasteiger charge is -2.43. The van der Waals surface area contributed by atoms with Crippen LogP contribution in [0.25, 0.3) is 0 Å². The maximum absolute atomic E-state index is 14.6. The number of unbranched alkanes of at least 4 members (excludes halogenated alkanes) is 2. The van der Waals surface area contributed by atoms with E-state index in [0.717, 1.165) is 16.2 Å². The molecule has 18 heteroatoms. The van der Waals surface area contributed by atoms with E-state index in [1.807, 2.05) is 114 Å². The Hall–Kier alpha value is -5.56. The Kier molecular flexibility index (Phi) is 24.8. The van der Waals surface area contributed by atoms with Crippen LogP contribution < -0.4 is 10.6 Å². The molecule has 0 bridgehead atoms. The summed E-state index contributed by atoms with van der Waals surface area (Å²) in [4.78, 5) is 118. The average molecular weight is 1030 g/mol. The molecule has 2 aliphatic rings. The Balaban J connectivity index is 1.42. The van der Waals surface area contributed by atoms with Gasteiger partial charge in [0.25, 0.3) is 11.8 Å². The van der Waals surface area contributed by atoms with E-state index in [4.69, 9.17) is 19.0 Å². The molecule has 0 unspecified atom stereocenters. The van der Waals surface area contributed by atoms with E-state index in [-0.39, 0.29) is 86.7 Å². The fourth-order valence-electron chi connectivity index (χ4n) is 10.4. The Morgan fingerprint density at radius 1 is 0.757 bits per heavy atom. The van der Waals surface area contributed by atoms with E-state index in [1.54, 1.807) is 26.0 Å². The van der Waals surface area contributed by atoms with Crippen molar-refractivity contribution in [2.75, 3.05) is 41.5 Å². The zero-order chi connectivity index (χ0) is 54.6. The number of hydrogen-bond donors (Lipinski definition) is 2. The van der Waals surface area contributed by atoms with E-state index >= 15 is 0 Å². The molecule has 9 atom stereocenters. The highest BCUT2D eigenvalue weighted by atomic mass is 16.7. The molecular weight excluding hydrogens is 949 g/mol. The first-order valence-electron chi connectivity index (χ1n) is 26.5. The van der Waals surface area contributed by atoms with Crippen molar-refractivity contribution in [3.63, 3.8) is 0 Å². The lowest BCUT2D eigenvalue weighted by Crippen LogP contribution is -2.60. The number of likely N-dealkylation sites (N-methyl/N-ethyl adjacent to an activating group) is 2. The molecule has 2 aromatic carbocycles. The van der Waals surface area contributed by atoms with Crippen molar-refractivity contribution in [3.8, 4) is 0 Å². The second-order valence-electron chi connectivity index (χ2n) is 20.6. The van der Waals surface area contributed by atoms with Crippen LogP contribution in [0.3, 0.4) is 0 Å². The van der Waals surface area contributed by atoms with Crippen LogP contribution in [0, 0.1) is 23.7 Å². The third-order valence-electron chi connectivity index (χ3n) is 14.6. The number of esters is 1. The number of imide groups is 2. The lowest BCUT2D eigenvalue weighted by molar-refractivity contribution is -0.187. The highest BCUT2D eigenvalue weighted by Crippen LogP contribution is 2.31. The van der Waals surface area contributed by atoms with Crippen LogP contribution in [0.1, 0.15) is 124 Å². The van der Waals surface area contributed by atoms with E-state index in [9.17, 15) is 38.4 Å². The Bertz CT molecular complexity index is 2140. The summed E-state index contributed by atoms with van der Waals surface area (Å²) in [5.41, 5.74) is 1.66. The van der Waals surface area contributed by atoms with Gasteiger partial charge in [0.05, 0.1) is 43.2 Å². The second-order valence-corrected chi connectivity index (χ2v) is 20.6. The first kappa shape index (κ1) is 61.0. The molecule has 0 spiro atoms. The number of carbonyl (C=O) groups excluding carboxylic acids is 8. The average Bonchev–Trinajstić information content (AvgIpc) is 3.99. The molecule has 2 N–H and O–H groups in total. The third-order valence-corrected chi connectivity index (χ3v) is 14.6. The van der Waals surface area contributed by atoms with E-state index in [2.05, 4.69) is 10.6 Å². The van der Waals surface area contributed by atoms with Crippen molar-refractivity contribution in [2.24, 2.45) is 23.7 Å². The van der Waals surface area contributed by atoms with Crippen molar-refractivity contribution < 1.29 is 57.4 Å². The molecule has 2 heterocycles. The van der Waals surface area contributed by atoms with Crippen LogP contribution in [-0.4, -0.2) is 151 Å². The van der Waals surface area contributed by atoms with E-state index < -0.39 is 72.0 Å². The standard InChI is InChI=1S/C56H84N6O12/c1-12-38(6)51(60(9)50(37(4)5)55(69)58-54(68)49(36(2)3)59(8)45(63)28-20-15-21-32-74-62-46(64)29-30-47(62)65)44(71-10)34-48(66)61-31-22-27-43(61)52(72-11)39(7)53(67)57-42(33-40-23-16-13-17-24-40)56(70)73-35-41-25-18-14-19-26-41/h13-14,16-19,23-26,36-39,42-44,49-52H,12,15,20-22,27-35H2,1-11H3,(H,57,67)(H,58,68,69)/t38-,39+,42-,43-,44+,49-,50-,51-,52+/m0/s1. The van der Waals surface area contributed by atoms with Gasteiger partial charge < -0.3 is 29.3 Å². The van der Waals surface area contributed by atoms with E-state index in [0.29, 0.717) is 45.1 Å². The van der Waals surface area contributed by atoms with Gasteiger partial charge in [-0.2, -0.15) is 5.06 Å². The first-order valence-corrected chi connectivity index (χ1v) is 26.5. The monoisotopic (exact) mass is 1030 g/mol. The van der Waals surface area contributed by atoms with E-state index in [1.165, 1.54) is 12.0 Å². The third kappa shape index (κ3) is 17.0. The fourth-order valence-corrected chi connectivity index (χ4v) is 10.4. The molecule has 2 saturated heterocycles. The predicted molar refractivity (Wildman–Crippen MR) is 278 cm³/mol. The molecule has 74 heavy (non-hydrogen) atoms. The minimum Gasteiger partial charge on any atom is -0.459 e. The number of nitrogens with one attached hydrogen (secondary N) is 2. The Morgan fingerprint density at radius 3 is 1.92 bits per heavy atom. The molecule has 0 aromatic heterocycles. The number of likely N-dealkylation sites (tertiary alicyclic amines) is 1. The summed E-state index contributed by atoms with van der Waals surface area (Å²) in [6.07, 6.45) is 2.79. The normalized spacial score (nSPS) is 18.2. The summed E-state index contributed by atoms with van der Waals surface area (Å²) in [6.45, 7) is 13.9. The summed E-state index contributed by atoms with van der Waals surface area (Å²) in [5, 5.41) is 6.39. The number of hydroxylamine groups is 2. The molecule has 0 aliphatic carbocycles. The smallest absolute Gasteiger partial charge is 0.329 e. The molecule has 2 aliphatic heterocycles. The van der Waals surface area contributed by atoms with Gasteiger partial charge in [0.1, 0.15) is 18.7 Å². The summed E-state index contributed by atoms with van der Waals surface area (Å²) in [6, 6.07) is 15.0. The molecular formula is C56H84N6O12. The maximum atomic E-state index is 14.6. The van der Waals surface area contributed by atoms with Crippen LogP contribution >= 0.6 is 0 Å². The van der Waals surface area contributed by atoms with Crippen molar-refractivity contribution in [3.05, 3.63) is 71.8 Å². The second kappa shape index (κ2) is 30.1. The molecule has 7 amide bonds. The number of amides is 7. The molecule has 2 fully saturated rings. The largest absolute Gasteiger partial charge is 0.459 e. The van der Waals surface area contributed by atoms with Gasteiger partial charge in [0, 0.05) is 59.5 Å². The molecule has 410 valence electrons. The van der Waals surface area contributed by atoms with Gasteiger partial charge in [-0.05, 0) is 61.6 Å². The minimum atomic E-state index is -0.978. The van der Waals surface area contributed by atoms with Gasteiger partial charge in [0.15, 0.2) is 0 Å². The molecule has 0 radical (unpaired) electrons. The number of hydrogen-bond acceptors (Lipinski definition) is 13. The topological polar surface area (TPSA) is 210 Å². The predicted octanol–water partition coefficient (Wildman–Crippen LogP) is 5.64. The van der Waals surface area contributed by atoms with Gasteiger partial charge >= 0.3 is 5.97 Å². The summed E-state index contributed by atoms with van der Waals surface area (Å²) in [5.74, 6) is -4.74. The van der Waals surface area contributed by atoms with Gasteiger partial charge in [-0.25, -0.2) is 4.79 Å². The molecule has 0 saturated carbocycles. The van der Waals surface area contributed by atoms with Crippen LogP contribution in [0.4, 0.5) is 0 Å². The molecule has 2 aromatic rings. The van der Waals surface area contributed by atoms with Crippen LogP contribution in [-0.2, 0) is 70.4 Å². The van der Waals surface area contributed by atoms with Gasteiger partial charge in [-0.15, -0.1) is 0 Å². The van der Waals surface area contributed by atoms with Crippen molar-refractivity contribution >= 4 is 47.3 Å². The van der Waals surface area contributed by atoms with Gasteiger partial charge in [-0.3, -0.25) is 48.6 Å². The summed E-state index contributed by atoms with van der Waals surface area (Å²) in [7, 11) is 6.43. The van der Waals surface area contributed by atoms with Crippen LogP contribution in [0.15, 0.2) is 60.7 Å². The fraction of sp³-hybridized carbons (Fsp3) is 0.643. The molecule has 4 rings (SSSR count). The number of ether oxygens (including phenoxy) is 3. The van der Waals surface area contributed by atoms with Crippen LogP contribution in [0.5, 0.6) is 0 Å². The minimum absolute atomic E-state index is 0.0335. The molecule has 18 nitrogen and oxygen atoms in total. The number of benzene rings is 2. The van der Waals surface area contributed by atoms with Crippen molar-refractivity contribution in [1.82, 2.24) is 30.4 Å². The van der Waals surface area contributed by atoms with Gasteiger partial charge in [-0.1, -0.05) is 122 Å². The Labute approximate surface area is 438 Å². The number of nitrogens with zero attached hydrogens (tertiary/aromatic N) is 4. The summed E-state index contributed by atoms with van der Waals surface area (Å²) < 4.78 is 17.9. The highest BCUT2D eigenvalue weighted by molar-refractivity contribution is 6.01. The van der Waals surface area contributed by atoms with Crippen molar-refractivity contribution in [2.45, 2.75) is 168 Å². The Morgan fingerprint density at radius 2 is 1.35 bits per heavy atom. The maximum Gasteiger partial charge on any atom is 0.329 e. The number of rotatable bonds is 30. The zero-order valence-electron chi connectivity index (χ0n) is 45.7. The summed E-state index contributed by atoms with van der Waals surface area (Å²) >= 11 is 0. The zero-order valence-corrected chi connectivity index (χ0v) is 45.7. The lowest BCUT2D eigenvalue weighted by atomic mass is 9.87. The first-order chi connectivity index (χ1) is 35.2. The van der Waals surface area contributed by atoms with Crippen molar-refractivity contribution in [1.29, 1.82) is 0 Å².